The maximum atomic E-state index is 6.10. The molecule has 3 heterocycles. The molecule has 5 rings (SSSR count). The number of piperidine rings is 3. The largest absolute Gasteiger partial charge is 1.00 e. The monoisotopic (exact) mass is 445 g/mol. The lowest BCUT2D eigenvalue weighted by molar-refractivity contribution is -0.997. The van der Waals surface area contributed by atoms with Crippen LogP contribution in [0, 0.1) is 5.92 Å². The van der Waals surface area contributed by atoms with Gasteiger partial charge in [-0.15, -0.1) is 0 Å². The third-order valence-electron chi connectivity index (χ3n) is 7.13. The van der Waals surface area contributed by atoms with Gasteiger partial charge in [-0.1, -0.05) is 42.5 Å². The molecule has 4 heteroatoms. The molecule has 3 saturated heterocycles. The number of rotatable bonds is 7. The summed E-state index contributed by atoms with van der Waals surface area (Å²) < 4.78 is 12.8. The Kier molecular flexibility index (Phi) is 6.85. The molecule has 0 aliphatic carbocycles. The summed E-state index contributed by atoms with van der Waals surface area (Å²) in [5, 5.41) is 0. The smallest absolute Gasteiger partial charge is 0.122 e. The molecule has 0 aromatic heterocycles. The van der Waals surface area contributed by atoms with E-state index in [1.807, 2.05) is 0 Å². The highest BCUT2D eigenvalue weighted by Crippen LogP contribution is 2.51. The molecule has 2 aromatic rings. The van der Waals surface area contributed by atoms with E-state index in [1.165, 1.54) is 43.5 Å². The van der Waals surface area contributed by atoms with Gasteiger partial charge < -0.3 is 30.9 Å². The number of hydrogen-bond acceptors (Lipinski definition) is 2. The summed E-state index contributed by atoms with van der Waals surface area (Å²) in [5.41, 5.74) is 2.84. The van der Waals surface area contributed by atoms with Crippen LogP contribution in [0.2, 0.25) is 0 Å². The number of ether oxygens (including phenoxy) is 2. The van der Waals surface area contributed by atoms with Crippen LogP contribution in [0.3, 0.4) is 0 Å². The summed E-state index contributed by atoms with van der Waals surface area (Å²) in [5.74, 6) is 1.83. The Morgan fingerprint density at radius 1 is 1.04 bits per heavy atom. The van der Waals surface area contributed by atoms with Gasteiger partial charge in [-0.25, -0.2) is 0 Å². The zero-order valence-electron chi connectivity index (χ0n) is 17.1. The van der Waals surface area contributed by atoms with Gasteiger partial charge in [0.1, 0.15) is 17.8 Å². The van der Waals surface area contributed by atoms with Crippen molar-refractivity contribution >= 4 is 0 Å². The fraction of sp³-hybridized carbons (Fsp3) is 0.500. The average molecular weight is 446 g/mol. The van der Waals surface area contributed by atoms with Crippen LogP contribution in [0.15, 0.2) is 54.6 Å². The number of benzene rings is 2. The molecule has 2 bridgehead atoms. The van der Waals surface area contributed by atoms with E-state index in [4.69, 9.17) is 9.47 Å². The number of hydrogen-bond donors (Lipinski definition) is 0. The second-order valence-corrected chi connectivity index (χ2v) is 8.51. The van der Waals surface area contributed by atoms with E-state index in [-0.39, 0.29) is 22.5 Å². The fourth-order valence-electron chi connectivity index (χ4n) is 5.39. The van der Waals surface area contributed by atoms with E-state index < -0.39 is 0 Å². The molecule has 3 aliphatic rings. The van der Waals surface area contributed by atoms with Crippen LogP contribution in [0.1, 0.15) is 37.3 Å². The van der Waals surface area contributed by atoms with E-state index in [1.54, 1.807) is 7.11 Å². The Morgan fingerprint density at radius 2 is 1.79 bits per heavy atom. The summed E-state index contributed by atoms with van der Waals surface area (Å²) >= 11 is 0. The second-order valence-electron chi connectivity index (χ2n) is 8.51. The molecule has 28 heavy (non-hydrogen) atoms. The fourth-order valence-corrected chi connectivity index (χ4v) is 5.39. The van der Waals surface area contributed by atoms with Gasteiger partial charge in [-0.3, -0.25) is 0 Å². The molecule has 0 saturated carbocycles. The summed E-state index contributed by atoms with van der Waals surface area (Å²) in [7, 11) is 1.76. The van der Waals surface area contributed by atoms with Gasteiger partial charge in [0.25, 0.3) is 0 Å². The molecule has 0 spiro atoms. The van der Waals surface area contributed by atoms with E-state index in [0.717, 1.165) is 29.3 Å². The average Bonchev–Trinajstić information content (AvgIpc) is 2.73. The van der Waals surface area contributed by atoms with Crippen molar-refractivity contribution in [3.05, 3.63) is 65.7 Å². The van der Waals surface area contributed by atoms with Gasteiger partial charge in [0.15, 0.2) is 0 Å². The minimum absolute atomic E-state index is 0. The Balaban J connectivity index is 0.00000225. The van der Waals surface area contributed by atoms with E-state index in [0.29, 0.717) is 6.61 Å². The van der Waals surface area contributed by atoms with Crippen LogP contribution in [-0.2, 0) is 16.9 Å². The van der Waals surface area contributed by atoms with Gasteiger partial charge >= 0.3 is 0 Å². The van der Waals surface area contributed by atoms with Gasteiger partial charge in [-0.05, 0) is 43.4 Å². The maximum absolute atomic E-state index is 6.10. The minimum Gasteiger partial charge on any atom is -1.00 e. The third kappa shape index (κ3) is 4.00. The van der Waals surface area contributed by atoms with Crippen molar-refractivity contribution in [2.45, 2.75) is 38.3 Å². The topological polar surface area (TPSA) is 18.5 Å². The van der Waals surface area contributed by atoms with E-state index >= 15 is 0 Å². The predicted octanol–water partition coefficient (Wildman–Crippen LogP) is 1.76. The molecular formula is C24H32BrNO2. The van der Waals surface area contributed by atoms with Crippen LogP contribution < -0.4 is 21.7 Å². The maximum Gasteiger partial charge on any atom is 0.122 e. The summed E-state index contributed by atoms with van der Waals surface area (Å²) in [6.07, 6.45) is 4.00. The molecule has 3 aliphatic heterocycles. The van der Waals surface area contributed by atoms with Crippen molar-refractivity contribution < 1.29 is 30.9 Å². The normalized spacial score (nSPS) is 28.6. The Hall–Kier alpha value is -1.36. The zero-order chi connectivity index (χ0) is 18.7. The first-order chi connectivity index (χ1) is 13.2. The predicted molar refractivity (Wildman–Crippen MR) is 109 cm³/mol. The van der Waals surface area contributed by atoms with Crippen molar-refractivity contribution in [2.24, 2.45) is 5.92 Å². The molecule has 0 radical (unpaired) electrons. The Bertz CT molecular complexity index is 758. The first kappa shape index (κ1) is 21.4. The molecule has 3 nitrogen and oxygen atoms in total. The molecule has 1 unspecified atom stereocenters. The lowest BCUT2D eigenvalue weighted by Crippen LogP contribution is -3.00. The quantitative estimate of drug-likeness (QED) is 0.477. The highest BCUT2D eigenvalue weighted by Gasteiger charge is 2.56. The van der Waals surface area contributed by atoms with Crippen LogP contribution >= 0.6 is 0 Å². The Labute approximate surface area is 180 Å². The van der Waals surface area contributed by atoms with Crippen molar-refractivity contribution in [2.75, 3.05) is 33.4 Å². The summed E-state index contributed by atoms with van der Waals surface area (Å²) in [6.45, 7) is 7.64. The number of methoxy groups -OCH3 is 1. The SMILES string of the molecule is COc1cccc(C2(C)CC3CC[N+]2(CCOCc2ccccc2)CC3)c1.[Br-]. The lowest BCUT2D eigenvalue weighted by Gasteiger charge is -2.60. The van der Waals surface area contributed by atoms with Gasteiger partial charge in [0, 0.05) is 12.0 Å². The van der Waals surface area contributed by atoms with Gasteiger partial charge in [0.05, 0.1) is 33.4 Å². The minimum atomic E-state index is 0. The van der Waals surface area contributed by atoms with Crippen molar-refractivity contribution in [3.63, 3.8) is 0 Å². The van der Waals surface area contributed by atoms with Crippen LogP contribution in [0.4, 0.5) is 0 Å². The molecule has 0 amide bonds. The van der Waals surface area contributed by atoms with Crippen molar-refractivity contribution in [3.8, 4) is 5.75 Å². The molecular weight excluding hydrogens is 414 g/mol. The standard InChI is InChI=1S/C24H32NO2.BrH/c1-24(22-9-6-10-23(17-22)26-2)18-20-11-13-25(24,14-12-20)15-16-27-19-21-7-4-3-5-8-21;/h3-10,17,20H,11-16,18-19H2,1-2H3;1H/q+1;/p-1. The summed E-state index contributed by atoms with van der Waals surface area (Å²) in [4.78, 5) is 0. The van der Waals surface area contributed by atoms with Crippen molar-refractivity contribution in [1.29, 1.82) is 0 Å². The molecule has 3 fully saturated rings. The second kappa shape index (κ2) is 8.98. The highest BCUT2D eigenvalue weighted by atomic mass is 79.9. The van der Waals surface area contributed by atoms with Gasteiger partial charge in [0.2, 0.25) is 0 Å². The summed E-state index contributed by atoms with van der Waals surface area (Å²) in [6, 6.07) is 19.2. The van der Waals surface area contributed by atoms with Crippen molar-refractivity contribution in [1.82, 2.24) is 0 Å². The van der Waals surface area contributed by atoms with Crippen LogP contribution in [-0.4, -0.2) is 37.8 Å². The lowest BCUT2D eigenvalue weighted by atomic mass is 9.69. The first-order valence-electron chi connectivity index (χ1n) is 10.3. The van der Waals surface area contributed by atoms with Crippen LogP contribution in [0.25, 0.3) is 0 Å². The highest BCUT2D eigenvalue weighted by molar-refractivity contribution is 5.32. The van der Waals surface area contributed by atoms with Gasteiger partial charge in [-0.2, -0.15) is 0 Å². The molecule has 2 aromatic carbocycles. The van der Waals surface area contributed by atoms with E-state index in [9.17, 15) is 0 Å². The zero-order valence-corrected chi connectivity index (χ0v) is 18.7. The molecule has 0 N–H and O–H groups in total. The molecule has 152 valence electrons. The number of nitrogens with zero attached hydrogens (tertiary/aromatic N) is 1. The van der Waals surface area contributed by atoms with E-state index in [2.05, 4.69) is 61.5 Å². The Morgan fingerprint density at radius 3 is 2.50 bits per heavy atom. The number of quaternary nitrogens is 1. The first-order valence-corrected chi connectivity index (χ1v) is 10.3. The number of fused-ring (bicyclic) bond motifs is 3. The third-order valence-corrected chi connectivity index (χ3v) is 7.13. The van der Waals surface area contributed by atoms with Crippen LogP contribution in [0.5, 0.6) is 5.75 Å². The number of halogens is 1. The molecule has 1 atom stereocenters.